The second-order valence-electron chi connectivity index (χ2n) is 3.81. The second-order valence-corrected chi connectivity index (χ2v) is 4.73. The standard InChI is InChI=1S/C14H11BrN2O2/c1-2-19-14(18)10-8-17-12-6-4-3-5-9(12)13(10)11(15)7-16/h3-6,8,11H,2H2,1H3. The maximum Gasteiger partial charge on any atom is 0.340 e. The van der Waals surface area contributed by atoms with Crippen LogP contribution in [0.5, 0.6) is 0 Å². The quantitative estimate of drug-likeness (QED) is 0.643. The second kappa shape index (κ2) is 5.81. The predicted molar refractivity (Wildman–Crippen MR) is 75.0 cm³/mol. The van der Waals surface area contributed by atoms with Crippen molar-refractivity contribution in [2.75, 3.05) is 6.61 Å². The lowest BCUT2D eigenvalue weighted by molar-refractivity contribution is 0.0525. The SMILES string of the molecule is CCOC(=O)c1cnc2ccccc2c1C(Br)C#N. The smallest absolute Gasteiger partial charge is 0.340 e. The van der Waals surface area contributed by atoms with Gasteiger partial charge in [-0.05, 0) is 13.0 Å². The van der Waals surface area contributed by atoms with E-state index in [1.165, 1.54) is 6.20 Å². The van der Waals surface area contributed by atoms with Gasteiger partial charge in [0, 0.05) is 17.1 Å². The normalized spacial score (nSPS) is 11.8. The van der Waals surface area contributed by atoms with Gasteiger partial charge in [-0.25, -0.2) is 4.79 Å². The van der Waals surface area contributed by atoms with Gasteiger partial charge in [-0.2, -0.15) is 5.26 Å². The number of fused-ring (bicyclic) bond motifs is 1. The van der Waals surface area contributed by atoms with E-state index in [0.29, 0.717) is 11.1 Å². The Hall–Kier alpha value is -1.93. The van der Waals surface area contributed by atoms with E-state index >= 15 is 0 Å². The van der Waals surface area contributed by atoms with Gasteiger partial charge in [0.25, 0.3) is 0 Å². The third kappa shape index (κ3) is 2.59. The highest BCUT2D eigenvalue weighted by Gasteiger charge is 2.21. The minimum Gasteiger partial charge on any atom is -0.462 e. The number of nitriles is 1. The fourth-order valence-corrected chi connectivity index (χ4v) is 2.37. The number of carbonyl (C=O) groups excluding carboxylic acids is 1. The van der Waals surface area contributed by atoms with Crippen molar-refractivity contribution in [3.05, 3.63) is 41.6 Å². The van der Waals surface area contributed by atoms with E-state index in [9.17, 15) is 4.79 Å². The molecular formula is C14H11BrN2O2. The van der Waals surface area contributed by atoms with E-state index in [1.54, 1.807) is 6.92 Å². The number of pyridine rings is 1. The van der Waals surface area contributed by atoms with E-state index < -0.39 is 10.8 Å². The monoisotopic (exact) mass is 318 g/mol. The summed E-state index contributed by atoms with van der Waals surface area (Å²) in [5.74, 6) is -0.463. The molecule has 0 fully saturated rings. The van der Waals surface area contributed by atoms with Crippen molar-refractivity contribution in [2.45, 2.75) is 11.8 Å². The third-order valence-electron chi connectivity index (χ3n) is 2.68. The van der Waals surface area contributed by atoms with Crippen LogP contribution in [-0.2, 0) is 4.74 Å². The molecule has 0 bridgehead atoms. The first-order valence-electron chi connectivity index (χ1n) is 5.77. The molecule has 1 atom stereocenters. The van der Waals surface area contributed by atoms with Crippen molar-refractivity contribution in [2.24, 2.45) is 0 Å². The molecule has 4 nitrogen and oxygen atoms in total. The molecule has 0 aliphatic rings. The molecule has 0 saturated heterocycles. The van der Waals surface area contributed by atoms with E-state index in [4.69, 9.17) is 10.00 Å². The molecule has 96 valence electrons. The molecule has 1 aromatic carbocycles. The summed E-state index contributed by atoms with van der Waals surface area (Å²) in [4.78, 5) is 15.6. The number of nitrogens with zero attached hydrogens (tertiary/aromatic N) is 2. The number of hydrogen-bond donors (Lipinski definition) is 0. The average Bonchev–Trinajstić information content (AvgIpc) is 2.45. The Bertz CT molecular complexity index is 664. The van der Waals surface area contributed by atoms with Crippen molar-refractivity contribution >= 4 is 32.8 Å². The van der Waals surface area contributed by atoms with Crippen LogP contribution in [0.3, 0.4) is 0 Å². The molecule has 0 N–H and O–H groups in total. The Morgan fingerprint density at radius 3 is 2.95 bits per heavy atom. The largest absolute Gasteiger partial charge is 0.462 e. The van der Waals surface area contributed by atoms with Crippen LogP contribution in [0, 0.1) is 11.3 Å². The van der Waals surface area contributed by atoms with E-state index in [0.717, 1.165) is 10.9 Å². The van der Waals surface area contributed by atoms with E-state index in [-0.39, 0.29) is 6.61 Å². The lowest BCUT2D eigenvalue weighted by Crippen LogP contribution is -2.10. The van der Waals surface area contributed by atoms with Gasteiger partial charge in [-0.15, -0.1) is 0 Å². The van der Waals surface area contributed by atoms with Crippen LogP contribution in [0.25, 0.3) is 10.9 Å². The summed E-state index contributed by atoms with van der Waals surface area (Å²) >= 11 is 3.28. The molecule has 1 aromatic heterocycles. The highest BCUT2D eigenvalue weighted by Crippen LogP contribution is 2.31. The Labute approximate surface area is 119 Å². The Morgan fingerprint density at radius 2 is 2.26 bits per heavy atom. The number of halogens is 1. The topological polar surface area (TPSA) is 63.0 Å². The molecular weight excluding hydrogens is 308 g/mol. The Kier molecular flexibility index (Phi) is 4.13. The van der Waals surface area contributed by atoms with Crippen molar-refractivity contribution in [3.8, 4) is 6.07 Å². The number of rotatable bonds is 3. The molecule has 1 heterocycles. The summed E-state index contributed by atoms with van der Waals surface area (Å²) in [6.45, 7) is 2.02. The molecule has 0 aliphatic carbocycles. The number of alkyl halides is 1. The molecule has 2 rings (SSSR count). The summed E-state index contributed by atoms with van der Waals surface area (Å²) in [5, 5.41) is 9.89. The maximum atomic E-state index is 11.9. The molecule has 0 spiro atoms. The first kappa shape index (κ1) is 13.5. The van der Waals surface area contributed by atoms with Gasteiger partial charge in [0.1, 0.15) is 4.83 Å². The molecule has 0 aliphatic heterocycles. The summed E-state index contributed by atoms with van der Waals surface area (Å²) in [7, 11) is 0. The highest BCUT2D eigenvalue weighted by molar-refractivity contribution is 9.09. The van der Waals surface area contributed by atoms with Crippen LogP contribution in [0.2, 0.25) is 0 Å². The van der Waals surface area contributed by atoms with Crippen LogP contribution in [0.1, 0.15) is 27.7 Å². The lowest BCUT2D eigenvalue weighted by atomic mass is 10.0. The van der Waals surface area contributed by atoms with Gasteiger partial charge in [0.15, 0.2) is 0 Å². The average molecular weight is 319 g/mol. The van der Waals surface area contributed by atoms with Gasteiger partial charge in [-0.1, -0.05) is 34.1 Å². The number of ether oxygens (including phenoxy) is 1. The Balaban J connectivity index is 2.70. The van der Waals surface area contributed by atoms with Crippen LogP contribution in [-0.4, -0.2) is 17.6 Å². The fraction of sp³-hybridized carbons (Fsp3) is 0.214. The van der Waals surface area contributed by atoms with E-state index in [2.05, 4.69) is 27.0 Å². The van der Waals surface area contributed by atoms with Crippen molar-refractivity contribution in [1.82, 2.24) is 4.98 Å². The molecule has 0 saturated carbocycles. The van der Waals surface area contributed by atoms with Gasteiger partial charge < -0.3 is 4.74 Å². The van der Waals surface area contributed by atoms with Crippen LogP contribution in [0.15, 0.2) is 30.5 Å². The first-order chi connectivity index (χ1) is 9.19. The third-order valence-corrected chi connectivity index (χ3v) is 3.34. The minimum absolute atomic E-state index is 0.282. The van der Waals surface area contributed by atoms with Crippen molar-refractivity contribution in [1.29, 1.82) is 5.26 Å². The number of para-hydroxylation sites is 1. The van der Waals surface area contributed by atoms with E-state index in [1.807, 2.05) is 24.3 Å². The predicted octanol–water partition coefficient (Wildman–Crippen LogP) is 3.37. The zero-order valence-electron chi connectivity index (χ0n) is 10.3. The molecule has 2 aromatic rings. The number of hydrogen-bond acceptors (Lipinski definition) is 4. The van der Waals surface area contributed by atoms with Crippen LogP contribution < -0.4 is 0 Å². The molecule has 0 amide bonds. The molecule has 5 heteroatoms. The number of carbonyl (C=O) groups is 1. The molecule has 19 heavy (non-hydrogen) atoms. The maximum absolute atomic E-state index is 11.9. The number of benzene rings is 1. The van der Waals surface area contributed by atoms with Gasteiger partial charge >= 0.3 is 5.97 Å². The zero-order valence-corrected chi connectivity index (χ0v) is 11.8. The van der Waals surface area contributed by atoms with Gasteiger partial charge in [0.05, 0.1) is 23.8 Å². The van der Waals surface area contributed by atoms with Crippen LogP contribution >= 0.6 is 15.9 Å². The summed E-state index contributed by atoms with van der Waals surface area (Å²) in [6, 6.07) is 9.48. The van der Waals surface area contributed by atoms with Crippen LogP contribution in [0.4, 0.5) is 0 Å². The highest BCUT2D eigenvalue weighted by atomic mass is 79.9. The minimum atomic E-state index is -0.584. The molecule has 1 unspecified atom stereocenters. The van der Waals surface area contributed by atoms with Crippen molar-refractivity contribution in [3.63, 3.8) is 0 Å². The lowest BCUT2D eigenvalue weighted by Gasteiger charge is -2.12. The molecule has 0 radical (unpaired) electrons. The summed E-state index contributed by atoms with van der Waals surface area (Å²) in [6.07, 6.45) is 1.46. The number of esters is 1. The number of aromatic nitrogens is 1. The summed E-state index contributed by atoms with van der Waals surface area (Å²) in [5.41, 5.74) is 1.67. The Morgan fingerprint density at radius 1 is 1.53 bits per heavy atom. The van der Waals surface area contributed by atoms with Crippen molar-refractivity contribution < 1.29 is 9.53 Å². The van der Waals surface area contributed by atoms with Gasteiger partial charge in [0.2, 0.25) is 0 Å². The zero-order chi connectivity index (χ0) is 13.8. The fourth-order valence-electron chi connectivity index (χ4n) is 1.87. The first-order valence-corrected chi connectivity index (χ1v) is 6.69. The van der Waals surface area contributed by atoms with Gasteiger partial charge in [-0.3, -0.25) is 4.98 Å². The summed E-state index contributed by atoms with van der Waals surface area (Å²) < 4.78 is 5.00.